The molecule has 0 fully saturated rings. The molecule has 4 nitrogen and oxygen atoms in total. The fourth-order valence-electron chi connectivity index (χ4n) is 2.31. The minimum absolute atomic E-state index is 0.0506. The van der Waals surface area contributed by atoms with Crippen LogP contribution in [0.3, 0.4) is 0 Å². The largest absolute Gasteiger partial charge is 0.325 e. The van der Waals surface area contributed by atoms with E-state index in [0.717, 1.165) is 21.2 Å². The first-order chi connectivity index (χ1) is 12.1. The predicted molar refractivity (Wildman–Crippen MR) is 102 cm³/mol. The molecule has 3 aromatic rings. The van der Waals surface area contributed by atoms with Crippen molar-refractivity contribution in [1.82, 2.24) is 9.78 Å². The second-order valence-corrected chi connectivity index (χ2v) is 7.06. The van der Waals surface area contributed by atoms with E-state index in [1.165, 1.54) is 0 Å². The van der Waals surface area contributed by atoms with E-state index in [1.54, 1.807) is 22.6 Å². The zero-order chi connectivity index (χ0) is 17.6. The van der Waals surface area contributed by atoms with E-state index in [2.05, 4.69) is 10.4 Å². The first-order valence-corrected chi connectivity index (χ1v) is 9.12. The molecule has 1 heterocycles. The van der Waals surface area contributed by atoms with Gasteiger partial charge in [0.1, 0.15) is 0 Å². The molecule has 0 spiro atoms. The molecule has 3 rings (SSSR count). The van der Waals surface area contributed by atoms with Crippen LogP contribution in [-0.2, 0) is 11.3 Å². The van der Waals surface area contributed by atoms with Gasteiger partial charge in [0.25, 0.3) is 0 Å². The summed E-state index contributed by atoms with van der Waals surface area (Å²) in [5, 5.41) is 7.87. The van der Waals surface area contributed by atoms with Crippen LogP contribution in [0.1, 0.15) is 12.1 Å². The molecule has 0 radical (unpaired) electrons. The lowest BCUT2D eigenvalue weighted by Crippen LogP contribution is -2.15. The van der Waals surface area contributed by atoms with Crippen molar-refractivity contribution in [3.8, 4) is 0 Å². The highest BCUT2D eigenvalue weighted by molar-refractivity contribution is 7.99. The van der Waals surface area contributed by atoms with Crippen molar-refractivity contribution in [2.24, 2.45) is 0 Å². The van der Waals surface area contributed by atoms with Gasteiger partial charge in [0.05, 0.1) is 16.4 Å². The number of aromatic nitrogens is 2. The molecule has 0 aliphatic rings. The number of nitrogens with zero attached hydrogens (tertiary/aromatic N) is 2. The van der Waals surface area contributed by atoms with Crippen LogP contribution in [-0.4, -0.2) is 15.7 Å². The molecule has 128 valence electrons. The van der Waals surface area contributed by atoms with Gasteiger partial charge >= 0.3 is 0 Å². The lowest BCUT2D eigenvalue weighted by atomic mass is 10.3. The van der Waals surface area contributed by atoms with Crippen molar-refractivity contribution >= 4 is 35.0 Å². The SMILES string of the molecule is Cc1nn(CCC(=O)Nc2ccccc2Sc2ccccc2)cc1Cl. The summed E-state index contributed by atoms with van der Waals surface area (Å²) in [6.07, 6.45) is 2.07. The number of aryl methyl sites for hydroxylation is 2. The Kier molecular flexibility index (Phi) is 5.79. The van der Waals surface area contributed by atoms with Gasteiger partial charge in [0.15, 0.2) is 0 Å². The third-order valence-electron chi connectivity index (χ3n) is 3.59. The number of rotatable bonds is 6. The van der Waals surface area contributed by atoms with Crippen molar-refractivity contribution in [2.45, 2.75) is 29.7 Å². The third-order valence-corrected chi connectivity index (χ3v) is 5.04. The molecule has 2 aromatic carbocycles. The van der Waals surface area contributed by atoms with E-state index >= 15 is 0 Å². The number of carbonyl (C=O) groups excluding carboxylic acids is 1. The van der Waals surface area contributed by atoms with Crippen LogP contribution in [0.5, 0.6) is 0 Å². The van der Waals surface area contributed by atoms with Crippen molar-refractivity contribution in [2.75, 3.05) is 5.32 Å². The highest BCUT2D eigenvalue weighted by Gasteiger charge is 2.09. The average molecular weight is 372 g/mol. The minimum atomic E-state index is -0.0506. The van der Waals surface area contributed by atoms with E-state index in [1.807, 2.05) is 61.5 Å². The smallest absolute Gasteiger partial charge is 0.226 e. The summed E-state index contributed by atoms with van der Waals surface area (Å²) >= 11 is 7.61. The maximum atomic E-state index is 12.3. The molecule has 1 amide bonds. The molecule has 0 bridgehead atoms. The van der Waals surface area contributed by atoms with E-state index in [9.17, 15) is 4.79 Å². The number of nitrogens with one attached hydrogen (secondary N) is 1. The predicted octanol–water partition coefficient (Wildman–Crippen LogP) is 5.02. The fraction of sp³-hybridized carbons (Fsp3) is 0.158. The summed E-state index contributed by atoms with van der Waals surface area (Å²) in [6.45, 7) is 2.34. The number of benzene rings is 2. The molecule has 1 N–H and O–H groups in total. The Balaban J connectivity index is 1.63. The van der Waals surface area contributed by atoms with Crippen LogP contribution in [0.4, 0.5) is 5.69 Å². The maximum absolute atomic E-state index is 12.3. The van der Waals surface area contributed by atoms with Crippen molar-refractivity contribution in [3.05, 3.63) is 71.5 Å². The zero-order valence-corrected chi connectivity index (χ0v) is 15.3. The van der Waals surface area contributed by atoms with Crippen molar-refractivity contribution in [3.63, 3.8) is 0 Å². The molecular weight excluding hydrogens is 354 g/mol. The first kappa shape index (κ1) is 17.6. The van der Waals surface area contributed by atoms with E-state index in [0.29, 0.717) is 18.0 Å². The highest BCUT2D eigenvalue weighted by atomic mass is 35.5. The Morgan fingerprint density at radius 2 is 1.88 bits per heavy atom. The third kappa shape index (κ3) is 4.87. The van der Waals surface area contributed by atoms with Crippen LogP contribution in [0.2, 0.25) is 5.02 Å². The van der Waals surface area contributed by atoms with Gasteiger partial charge in [-0.3, -0.25) is 9.48 Å². The Labute approximate surface area is 156 Å². The molecule has 0 saturated heterocycles. The van der Waals surface area contributed by atoms with E-state index in [4.69, 9.17) is 11.6 Å². The van der Waals surface area contributed by atoms with Gasteiger partial charge in [-0.25, -0.2) is 0 Å². The molecule has 0 aliphatic carbocycles. The van der Waals surface area contributed by atoms with Gasteiger partial charge in [0, 0.05) is 29.0 Å². The second-order valence-electron chi connectivity index (χ2n) is 5.53. The molecule has 6 heteroatoms. The van der Waals surface area contributed by atoms with Crippen LogP contribution in [0.15, 0.2) is 70.6 Å². The number of para-hydroxylation sites is 1. The number of amides is 1. The average Bonchev–Trinajstić information content (AvgIpc) is 2.94. The lowest BCUT2D eigenvalue weighted by Gasteiger charge is -2.11. The van der Waals surface area contributed by atoms with Gasteiger partial charge in [-0.1, -0.05) is 53.7 Å². The van der Waals surface area contributed by atoms with E-state index < -0.39 is 0 Å². The van der Waals surface area contributed by atoms with Gasteiger partial charge in [-0.05, 0) is 31.2 Å². The number of halogens is 1. The van der Waals surface area contributed by atoms with Crippen molar-refractivity contribution < 1.29 is 4.79 Å². The Morgan fingerprint density at radius 1 is 1.16 bits per heavy atom. The maximum Gasteiger partial charge on any atom is 0.226 e. The summed E-state index contributed by atoms with van der Waals surface area (Å²) < 4.78 is 1.70. The molecule has 0 unspecified atom stereocenters. The summed E-state index contributed by atoms with van der Waals surface area (Å²) in [4.78, 5) is 14.4. The van der Waals surface area contributed by atoms with Gasteiger partial charge in [-0.2, -0.15) is 5.10 Å². The fourth-order valence-corrected chi connectivity index (χ4v) is 3.38. The van der Waals surface area contributed by atoms with Crippen LogP contribution >= 0.6 is 23.4 Å². The van der Waals surface area contributed by atoms with E-state index in [-0.39, 0.29) is 5.91 Å². The van der Waals surface area contributed by atoms with Crippen molar-refractivity contribution in [1.29, 1.82) is 0 Å². The lowest BCUT2D eigenvalue weighted by molar-refractivity contribution is -0.116. The Bertz CT molecular complexity index is 845. The molecule has 0 atom stereocenters. The molecular formula is C19H18ClN3OS. The van der Waals surface area contributed by atoms with Gasteiger partial charge in [-0.15, -0.1) is 0 Å². The second kappa shape index (κ2) is 8.23. The topological polar surface area (TPSA) is 46.9 Å². The highest BCUT2D eigenvalue weighted by Crippen LogP contribution is 2.33. The number of anilines is 1. The van der Waals surface area contributed by atoms with Crippen LogP contribution < -0.4 is 5.32 Å². The standard InChI is InChI=1S/C19H18ClN3OS/c1-14-16(20)13-23(22-14)12-11-19(24)21-17-9-5-6-10-18(17)25-15-7-3-2-4-8-15/h2-10,13H,11-12H2,1H3,(H,21,24). The number of carbonyl (C=O) groups is 1. The number of hydrogen-bond donors (Lipinski definition) is 1. The quantitative estimate of drug-likeness (QED) is 0.661. The molecule has 0 saturated carbocycles. The Morgan fingerprint density at radius 3 is 2.60 bits per heavy atom. The van der Waals surface area contributed by atoms with Gasteiger partial charge < -0.3 is 5.32 Å². The summed E-state index contributed by atoms with van der Waals surface area (Å²) in [5.74, 6) is -0.0506. The van der Waals surface area contributed by atoms with Crippen LogP contribution in [0, 0.1) is 6.92 Å². The van der Waals surface area contributed by atoms with Crippen LogP contribution in [0.25, 0.3) is 0 Å². The summed E-state index contributed by atoms with van der Waals surface area (Å²) in [5.41, 5.74) is 1.59. The van der Waals surface area contributed by atoms with Gasteiger partial charge in [0.2, 0.25) is 5.91 Å². The Hall–Kier alpha value is -2.24. The minimum Gasteiger partial charge on any atom is -0.325 e. The number of hydrogen-bond acceptors (Lipinski definition) is 3. The monoisotopic (exact) mass is 371 g/mol. The normalized spacial score (nSPS) is 10.6. The zero-order valence-electron chi connectivity index (χ0n) is 13.8. The molecule has 0 aliphatic heterocycles. The molecule has 25 heavy (non-hydrogen) atoms. The first-order valence-electron chi connectivity index (χ1n) is 7.93. The summed E-state index contributed by atoms with van der Waals surface area (Å²) in [7, 11) is 0. The summed E-state index contributed by atoms with van der Waals surface area (Å²) in [6, 6.07) is 17.9. The molecule has 1 aromatic heterocycles.